The highest BCUT2D eigenvalue weighted by Gasteiger charge is 2.34. The highest BCUT2D eigenvalue weighted by molar-refractivity contribution is 5.81. The van der Waals surface area contributed by atoms with Crippen LogP contribution >= 0.6 is 0 Å². The number of methoxy groups -OCH3 is 1. The smallest absolute Gasteiger partial charge is 0.122 e. The van der Waals surface area contributed by atoms with Gasteiger partial charge in [0, 0.05) is 12.6 Å². The molecule has 120 valence electrons. The van der Waals surface area contributed by atoms with Gasteiger partial charge < -0.3 is 4.74 Å². The Morgan fingerprint density at radius 2 is 1.78 bits per heavy atom. The van der Waals surface area contributed by atoms with Gasteiger partial charge in [0.2, 0.25) is 0 Å². The summed E-state index contributed by atoms with van der Waals surface area (Å²) in [5, 5.41) is 0. The van der Waals surface area contributed by atoms with E-state index in [1.54, 1.807) is 12.7 Å². The van der Waals surface area contributed by atoms with E-state index < -0.39 is 0 Å². The molecule has 0 radical (unpaired) electrons. The molecule has 0 amide bonds. The lowest BCUT2D eigenvalue weighted by Gasteiger charge is -2.41. The minimum atomic E-state index is 0.507. The summed E-state index contributed by atoms with van der Waals surface area (Å²) in [7, 11) is 4.06. The first-order valence-electron chi connectivity index (χ1n) is 8.52. The molecule has 0 N–H and O–H groups in total. The molecule has 0 spiro atoms. The number of hydrogen-bond acceptors (Lipinski definition) is 2. The molecule has 0 aromatic heterocycles. The molecule has 1 aliphatic heterocycles. The second kappa shape index (κ2) is 5.10. The second-order valence-electron chi connectivity index (χ2n) is 7.20. The van der Waals surface area contributed by atoms with Gasteiger partial charge in [0.1, 0.15) is 5.75 Å². The monoisotopic (exact) mass is 307 g/mol. The van der Waals surface area contributed by atoms with Crippen molar-refractivity contribution in [3.63, 3.8) is 0 Å². The predicted octanol–water partition coefficient (Wildman–Crippen LogP) is 4.37. The number of hydrogen-bond donors (Lipinski definition) is 0. The fraction of sp³-hybridized carbons (Fsp3) is 0.429. The van der Waals surface area contributed by atoms with E-state index in [1.807, 2.05) is 0 Å². The number of rotatable bonds is 1. The van der Waals surface area contributed by atoms with Crippen LogP contribution in [0.15, 0.2) is 18.2 Å². The number of fused-ring (bicyclic) bond motifs is 2. The third-order valence-electron chi connectivity index (χ3n) is 5.89. The van der Waals surface area contributed by atoms with Crippen LogP contribution < -0.4 is 4.74 Å². The fourth-order valence-corrected chi connectivity index (χ4v) is 4.39. The van der Waals surface area contributed by atoms with E-state index in [9.17, 15) is 0 Å². The maximum Gasteiger partial charge on any atom is 0.122 e. The van der Waals surface area contributed by atoms with E-state index in [2.05, 4.69) is 50.9 Å². The van der Waals surface area contributed by atoms with Crippen LogP contribution in [0.2, 0.25) is 0 Å². The normalized spacial score (nSPS) is 19.3. The first kappa shape index (κ1) is 14.8. The van der Waals surface area contributed by atoms with Crippen LogP contribution in [0.3, 0.4) is 0 Å². The van der Waals surface area contributed by atoms with Crippen LogP contribution in [0.4, 0.5) is 0 Å². The van der Waals surface area contributed by atoms with Gasteiger partial charge in [-0.3, -0.25) is 4.90 Å². The minimum absolute atomic E-state index is 0.507. The van der Waals surface area contributed by atoms with E-state index in [0.29, 0.717) is 6.04 Å². The number of benzene rings is 2. The Hall–Kier alpha value is -1.80. The molecule has 2 nitrogen and oxygen atoms in total. The summed E-state index contributed by atoms with van der Waals surface area (Å²) in [6.07, 6.45) is 2.24. The van der Waals surface area contributed by atoms with E-state index in [0.717, 1.165) is 25.1 Å². The molecule has 1 atom stereocenters. The first-order valence-corrected chi connectivity index (χ1v) is 8.52. The molecule has 0 bridgehead atoms. The van der Waals surface area contributed by atoms with Crippen LogP contribution in [0, 0.1) is 20.8 Å². The van der Waals surface area contributed by atoms with Crippen LogP contribution in [0.1, 0.15) is 39.4 Å². The third-order valence-corrected chi connectivity index (χ3v) is 5.89. The lowest BCUT2D eigenvalue weighted by atomic mass is 9.74. The molecule has 2 aromatic carbocycles. The van der Waals surface area contributed by atoms with Crippen molar-refractivity contribution in [2.75, 3.05) is 20.7 Å². The zero-order valence-electron chi connectivity index (χ0n) is 14.8. The lowest BCUT2D eigenvalue weighted by molar-refractivity contribution is 0.227. The Morgan fingerprint density at radius 3 is 2.52 bits per heavy atom. The molecule has 4 rings (SSSR count). The van der Waals surface area contributed by atoms with Gasteiger partial charge in [-0.15, -0.1) is 0 Å². The zero-order valence-corrected chi connectivity index (χ0v) is 14.8. The van der Waals surface area contributed by atoms with Gasteiger partial charge in [-0.25, -0.2) is 0 Å². The summed E-state index contributed by atoms with van der Waals surface area (Å²) >= 11 is 0. The van der Waals surface area contributed by atoms with Crippen molar-refractivity contribution < 1.29 is 4.74 Å². The van der Waals surface area contributed by atoms with E-state index in [1.165, 1.54) is 38.9 Å². The largest absolute Gasteiger partial charge is 0.496 e. The summed E-state index contributed by atoms with van der Waals surface area (Å²) in [5.74, 6) is 1.04. The second-order valence-corrected chi connectivity index (χ2v) is 7.20. The molecule has 1 aliphatic carbocycles. The van der Waals surface area contributed by atoms with Crippen molar-refractivity contribution in [1.82, 2.24) is 4.90 Å². The average molecular weight is 307 g/mol. The summed E-state index contributed by atoms with van der Waals surface area (Å²) in [4.78, 5) is 2.52. The molecule has 0 saturated heterocycles. The number of aryl methyl sites for hydroxylation is 2. The Labute approximate surface area is 139 Å². The van der Waals surface area contributed by atoms with Crippen LogP contribution in [-0.4, -0.2) is 25.6 Å². The Kier molecular flexibility index (Phi) is 3.28. The highest BCUT2D eigenvalue weighted by atomic mass is 16.5. The summed E-state index contributed by atoms with van der Waals surface area (Å²) in [5.41, 5.74) is 11.4. The molecular formula is C21H25NO. The number of nitrogens with zero attached hydrogens (tertiary/aromatic N) is 1. The third kappa shape index (κ3) is 2.05. The Bertz CT molecular complexity index is 806. The highest BCUT2D eigenvalue weighted by Crippen LogP contribution is 2.49. The summed E-state index contributed by atoms with van der Waals surface area (Å²) in [6, 6.07) is 7.57. The molecule has 2 aromatic rings. The van der Waals surface area contributed by atoms with Crippen LogP contribution in [0.25, 0.3) is 11.1 Å². The van der Waals surface area contributed by atoms with Gasteiger partial charge in [-0.1, -0.05) is 12.1 Å². The van der Waals surface area contributed by atoms with Gasteiger partial charge in [0.05, 0.1) is 7.11 Å². The summed E-state index contributed by atoms with van der Waals surface area (Å²) in [6.45, 7) is 7.78. The first-order chi connectivity index (χ1) is 11.0. The number of likely N-dealkylation sites (N-methyl/N-ethyl adjacent to an activating group) is 1. The molecule has 0 saturated carbocycles. The van der Waals surface area contributed by atoms with Gasteiger partial charge in [-0.05, 0) is 91.2 Å². The molecular weight excluding hydrogens is 282 g/mol. The van der Waals surface area contributed by atoms with Crippen LogP contribution in [-0.2, 0) is 12.8 Å². The zero-order chi connectivity index (χ0) is 16.3. The van der Waals surface area contributed by atoms with E-state index in [-0.39, 0.29) is 0 Å². The van der Waals surface area contributed by atoms with Crippen molar-refractivity contribution in [1.29, 1.82) is 0 Å². The molecule has 2 aliphatic rings. The maximum atomic E-state index is 5.70. The fourth-order valence-electron chi connectivity index (χ4n) is 4.39. The topological polar surface area (TPSA) is 12.5 Å². The maximum absolute atomic E-state index is 5.70. The number of ether oxygens (including phenoxy) is 1. The van der Waals surface area contributed by atoms with Crippen molar-refractivity contribution in [3.05, 3.63) is 51.6 Å². The minimum Gasteiger partial charge on any atom is -0.496 e. The standard InChI is InChI=1S/C21H25NO/c1-12-8-16-10-18-21-15(6-7-22(18)4)11-19(23-5)14(3)20(21)17(16)9-13(12)2/h8-9,11,18H,6-7,10H2,1-5H3. The lowest BCUT2D eigenvalue weighted by Crippen LogP contribution is -2.36. The van der Waals surface area contributed by atoms with E-state index in [4.69, 9.17) is 4.74 Å². The molecule has 23 heavy (non-hydrogen) atoms. The van der Waals surface area contributed by atoms with Gasteiger partial charge in [0.15, 0.2) is 0 Å². The average Bonchev–Trinajstić information content (AvgIpc) is 2.53. The molecule has 1 unspecified atom stereocenters. The van der Waals surface area contributed by atoms with Gasteiger partial charge in [-0.2, -0.15) is 0 Å². The quantitative estimate of drug-likeness (QED) is 0.775. The van der Waals surface area contributed by atoms with Gasteiger partial charge in [0.25, 0.3) is 0 Å². The van der Waals surface area contributed by atoms with Crippen molar-refractivity contribution in [3.8, 4) is 16.9 Å². The SMILES string of the molecule is COc1cc2c3c(c1C)-c1cc(C)c(C)cc1CC3N(C)CC2. The van der Waals surface area contributed by atoms with Gasteiger partial charge >= 0.3 is 0 Å². The van der Waals surface area contributed by atoms with Crippen molar-refractivity contribution in [2.24, 2.45) is 0 Å². The Morgan fingerprint density at radius 1 is 1.04 bits per heavy atom. The Balaban J connectivity index is 2.08. The van der Waals surface area contributed by atoms with Crippen molar-refractivity contribution >= 4 is 0 Å². The molecule has 1 heterocycles. The predicted molar refractivity (Wildman–Crippen MR) is 95.4 cm³/mol. The van der Waals surface area contributed by atoms with Crippen molar-refractivity contribution in [2.45, 2.75) is 39.7 Å². The molecule has 2 heteroatoms. The summed E-state index contributed by atoms with van der Waals surface area (Å²) < 4.78 is 5.70. The molecule has 0 fully saturated rings. The van der Waals surface area contributed by atoms with Crippen LogP contribution in [0.5, 0.6) is 5.75 Å². The van der Waals surface area contributed by atoms with E-state index >= 15 is 0 Å².